The monoisotopic (exact) mass is 442 g/mol. The zero-order valence-electron chi connectivity index (χ0n) is 17.7. The Labute approximate surface area is 184 Å². The van der Waals surface area contributed by atoms with Crippen molar-refractivity contribution < 1.29 is 13.2 Å². The summed E-state index contributed by atoms with van der Waals surface area (Å²) in [6.07, 6.45) is 1.01. The summed E-state index contributed by atoms with van der Waals surface area (Å²) in [5, 5.41) is 3.53. The van der Waals surface area contributed by atoms with Gasteiger partial charge in [-0.3, -0.25) is 9.69 Å². The molecule has 2 heterocycles. The van der Waals surface area contributed by atoms with E-state index in [4.69, 9.17) is 0 Å². The number of benzene rings is 2. The summed E-state index contributed by atoms with van der Waals surface area (Å²) in [5.41, 5.74) is 1.89. The fourth-order valence-corrected chi connectivity index (χ4v) is 5.76. The minimum absolute atomic E-state index is 0.00532. The molecule has 0 radical (unpaired) electrons. The van der Waals surface area contributed by atoms with Crippen molar-refractivity contribution in [3.8, 4) is 0 Å². The first-order valence-corrected chi connectivity index (χ1v) is 12.4. The average molecular weight is 443 g/mol. The molecular formula is C23H30N4O3S. The van der Waals surface area contributed by atoms with Gasteiger partial charge < -0.3 is 10.2 Å². The van der Waals surface area contributed by atoms with E-state index in [1.165, 1.54) is 4.31 Å². The first-order chi connectivity index (χ1) is 15.0. The molecule has 4 rings (SSSR count). The Hall–Kier alpha value is -2.42. The molecule has 0 aromatic heterocycles. The van der Waals surface area contributed by atoms with E-state index in [1.807, 2.05) is 48.5 Å². The van der Waals surface area contributed by atoms with Crippen LogP contribution in [-0.4, -0.2) is 80.3 Å². The summed E-state index contributed by atoms with van der Waals surface area (Å²) >= 11 is 0. The molecule has 2 saturated heterocycles. The number of sulfonamides is 1. The molecule has 0 saturated carbocycles. The highest BCUT2D eigenvalue weighted by Crippen LogP contribution is 2.17. The minimum Gasteiger partial charge on any atom is -0.381 e. The molecule has 2 aromatic rings. The molecule has 2 aromatic carbocycles. The van der Waals surface area contributed by atoms with Gasteiger partial charge in [-0.25, -0.2) is 8.42 Å². The lowest BCUT2D eigenvalue weighted by Gasteiger charge is -2.34. The smallest absolute Gasteiger partial charge is 0.236 e. The van der Waals surface area contributed by atoms with Gasteiger partial charge in [-0.15, -0.1) is 0 Å². The van der Waals surface area contributed by atoms with Crippen molar-refractivity contribution >= 4 is 21.6 Å². The van der Waals surface area contributed by atoms with E-state index in [0.29, 0.717) is 38.8 Å². The van der Waals surface area contributed by atoms with Crippen LogP contribution in [0, 0.1) is 0 Å². The Morgan fingerprint density at radius 2 is 1.55 bits per heavy atom. The predicted octanol–water partition coefficient (Wildman–Crippen LogP) is 1.85. The molecule has 8 heteroatoms. The maximum absolute atomic E-state index is 12.8. The summed E-state index contributed by atoms with van der Waals surface area (Å²) in [7, 11) is -3.37. The predicted molar refractivity (Wildman–Crippen MR) is 122 cm³/mol. The van der Waals surface area contributed by atoms with Gasteiger partial charge >= 0.3 is 0 Å². The van der Waals surface area contributed by atoms with Gasteiger partial charge in [0.2, 0.25) is 15.9 Å². The van der Waals surface area contributed by atoms with Gasteiger partial charge in [-0.1, -0.05) is 48.5 Å². The number of anilines is 1. The van der Waals surface area contributed by atoms with Crippen molar-refractivity contribution in [3.05, 3.63) is 66.2 Å². The van der Waals surface area contributed by atoms with Crippen LogP contribution in [0.2, 0.25) is 0 Å². The standard InChI is InChI=1S/C23H30N4O3S/c28-23(18-25-12-11-22(17-25)24-21-9-5-2-6-10-21)26-13-15-27(16-14-26)31(29,30)19-20-7-3-1-4-8-20/h1-10,22,24H,11-19H2. The number of nitrogens with zero attached hydrogens (tertiary/aromatic N) is 3. The second-order valence-electron chi connectivity index (χ2n) is 8.25. The Balaban J connectivity index is 1.22. The molecule has 31 heavy (non-hydrogen) atoms. The van der Waals surface area contributed by atoms with Gasteiger partial charge in [-0.05, 0) is 24.1 Å². The van der Waals surface area contributed by atoms with Crippen LogP contribution in [0.1, 0.15) is 12.0 Å². The fraction of sp³-hybridized carbons (Fsp3) is 0.435. The molecule has 0 aliphatic carbocycles. The van der Waals surface area contributed by atoms with Crippen LogP contribution in [0.5, 0.6) is 0 Å². The van der Waals surface area contributed by atoms with E-state index < -0.39 is 10.0 Å². The van der Waals surface area contributed by atoms with Crippen molar-refractivity contribution in [2.45, 2.75) is 18.2 Å². The van der Waals surface area contributed by atoms with Crippen molar-refractivity contribution in [3.63, 3.8) is 0 Å². The molecule has 0 spiro atoms. The van der Waals surface area contributed by atoms with Gasteiger partial charge in [0.25, 0.3) is 0 Å². The number of likely N-dealkylation sites (tertiary alicyclic amines) is 1. The van der Waals surface area contributed by atoms with E-state index in [2.05, 4.69) is 22.3 Å². The quantitative estimate of drug-likeness (QED) is 0.709. The van der Waals surface area contributed by atoms with Crippen molar-refractivity contribution in [1.82, 2.24) is 14.1 Å². The number of hydrogen-bond acceptors (Lipinski definition) is 5. The maximum atomic E-state index is 12.8. The average Bonchev–Trinajstić information content (AvgIpc) is 3.21. The van der Waals surface area contributed by atoms with Crippen LogP contribution >= 0.6 is 0 Å². The van der Waals surface area contributed by atoms with Crippen LogP contribution in [0.15, 0.2) is 60.7 Å². The Morgan fingerprint density at radius 3 is 2.23 bits per heavy atom. The lowest BCUT2D eigenvalue weighted by Crippen LogP contribution is -2.52. The highest BCUT2D eigenvalue weighted by molar-refractivity contribution is 7.88. The summed E-state index contributed by atoms with van der Waals surface area (Å²) in [6, 6.07) is 19.7. The summed E-state index contributed by atoms with van der Waals surface area (Å²) in [5.74, 6) is 0.0891. The lowest BCUT2D eigenvalue weighted by atomic mass is 10.2. The topological polar surface area (TPSA) is 73.0 Å². The number of carbonyl (C=O) groups excluding carboxylic acids is 1. The third-order valence-electron chi connectivity index (χ3n) is 5.95. The van der Waals surface area contributed by atoms with Crippen molar-refractivity contribution in [2.24, 2.45) is 0 Å². The largest absolute Gasteiger partial charge is 0.381 e. The normalized spacial score (nSPS) is 20.6. The number of hydrogen-bond donors (Lipinski definition) is 1. The van der Waals surface area contributed by atoms with Crippen LogP contribution in [0.4, 0.5) is 5.69 Å². The van der Waals surface area contributed by atoms with E-state index in [-0.39, 0.29) is 11.7 Å². The second kappa shape index (κ2) is 9.80. The summed E-state index contributed by atoms with van der Waals surface area (Å²) in [4.78, 5) is 16.7. The number of nitrogens with one attached hydrogen (secondary N) is 1. The van der Waals surface area contributed by atoms with E-state index in [9.17, 15) is 13.2 Å². The van der Waals surface area contributed by atoms with Gasteiger partial charge in [0.05, 0.1) is 12.3 Å². The minimum atomic E-state index is -3.37. The molecule has 2 aliphatic rings. The van der Waals surface area contributed by atoms with Gasteiger partial charge in [-0.2, -0.15) is 4.31 Å². The molecule has 2 fully saturated rings. The Bertz CT molecular complexity index is 961. The summed E-state index contributed by atoms with van der Waals surface area (Å²) in [6.45, 7) is 3.74. The third-order valence-corrected chi connectivity index (χ3v) is 7.80. The number of rotatable bonds is 7. The molecule has 1 unspecified atom stereocenters. The van der Waals surface area contributed by atoms with Crippen LogP contribution in [-0.2, 0) is 20.6 Å². The van der Waals surface area contributed by atoms with Crippen LogP contribution < -0.4 is 5.32 Å². The van der Waals surface area contributed by atoms with Crippen LogP contribution in [0.25, 0.3) is 0 Å². The second-order valence-corrected chi connectivity index (χ2v) is 10.2. The molecule has 7 nitrogen and oxygen atoms in total. The zero-order chi connectivity index (χ0) is 21.7. The first-order valence-electron chi connectivity index (χ1n) is 10.8. The van der Waals surface area contributed by atoms with Crippen molar-refractivity contribution in [1.29, 1.82) is 0 Å². The van der Waals surface area contributed by atoms with E-state index in [0.717, 1.165) is 30.8 Å². The highest BCUT2D eigenvalue weighted by Gasteiger charge is 2.31. The van der Waals surface area contributed by atoms with Crippen LogP contribution in [0.3, 0.4) is 0 Å². The molecule has 0 bridgehead atoms. The van der Waals surface area contributed by atoms with E-state index >= 15 is 0 Å². The molecule has 1 N–H and O–H groups in total. The SMILES string of the molecule is O=C(CN1CCC(Nc2ccccc2)C1)N1CCN(S(=O)(=O)Cc2ccccc2)CC1. The molecule has 1 atom stereocenters. The van der Waals surface area contributed by atoms with E-state index in [1.54, 1.807) is 4.90 Å². The lowest BCUT2D eigenvalue weighted by molar-refractivity contribution is -0.133. The number of piperazine rings is 1. The van der Waals surface area contributed by atoms with Gasteiger partial charge in [0, 0.05) is 51.0 Å². The number of para-hydroxylation sites is 1. The van der Waals surface area contributed by atoms with Gasteiger partial charge in [0.15, 0.2) is 0 Å². The Kier molecular flexibility index (Phi) is 6.89. The highest BCUT2D eigenvalue weighted by atomic mass is 32.2. The Morgan fingerprint density at radius 1 is 0.903 bits per heavy atom. The number of carbonyl (C=O) groups is 1. The van der Waals surface area contributed by atoms with Gasteiger partial charge in [0.1, 0.15) is 0 Å². The van der Waals surface area contributed by atoms with Crippen molar-refractivity contribution in [2.75, 3.05) is 51.1 Å². The molecule has 2 aliphatic heterocycles. The molecular weight excluding hydrogens is 412 g/mol. The first kappa shape index (κ1) is 21.8. The summed E-state index contributed by atoms with van der Waals surface area (Å²) < 4.78 is 26.9. The fourth-order valence-electron chi connectivity index (χ4n) is 4.25. The number of amides is 1. The zero-order valence-corrected chi connectivity index (χ0v) is 18.5. The molecule has 1 amide bonds. The third kappa shape index (κ3) is 5.84. The maximum Gasteiger partial charge on any atom is 0.236 e. The molecule has 166 valence electrons.